The van der Waals surface area contributed by atoms with Crippen molar-refractivity contribution in [3.05, 3.63) is 40.7 Å². The van der Waals surface area contributed by atoms with Crippen molar-refractivity contribution in [2.75, 3.05) is 0 Å². The molecule has 1 heterocycles. The van der Waals surface area contributed by atoms with Crippen LogP contribution in [-0.2, 0) is 7.05 Å². The van der Waals surface area contributed by atoms with E-state index in [9.17, 15) is 4.79 Å². The lowest BCUT2D eigenvalue weighted by atomic mass is 10.2. The molecule has 1 aromatic heterocycles. The molecular formula is C12H11ClN2O2. The van der Waals surface area contributed by atoms with Gasteiger partial charge < -0.3 is 9.67 Å². The maximum absolute atomic E-state index is 11.1. The van der Waals surface area contributed by atoms with E-state index in [2.05, 4.69) is 4.98 Å². The molecule has 88 valence electrons. The van der Waals surface area contributed by atoms with Crippen LogP contribution in [0.15, 0.2) is 24.3 Å². The van der Waals surface area contributed by atoms with Crippen molar-refractivity contribution < 1.29 is 9.90 Å². The molecule has 0 aliphatic rings. The highest BCUT2D eigenvalue weighted by molar-refractivity contribution is 6.33. The van der Waals surface area contributed by atoms with Crippen LogP contribution >= 0.6 is 11.6 Å². The van der Waals surface area contributed by atoms with E-state index in [-0.39, 0.29) is 5.69 Å². The lowest BCUT2D eigenvalue weighted by molar-refractivity contribution is 0.0686. The highest BCUT2D eigenvalue weighted by Gasteiger charge is 2.19. The minimum atomic E-state index is -0.990. The Morgan fingerprint density at radius 3 is 2.59 bits per heavy atom. The summed E-state index contributed by atoms with van der Waals surface area (Å²) in [5.41, 5.74) is 1.39. The average molecular weight is 251 g/mol. The third kappa shape index (κ3) is 1.91. The second kappa shape index (κ2) is 4.22. The highest BCUT2D eigenvalue weighted by atomic mass is 35.5. The fourth-order valence-electron chi connectivity index (χ4n) is 1.82. The average Bonchev–Trinajstić information content (AvgIpc) is 2.55. The summed E-state index contributed by atoms with van der Waals surface area (Å²) in [6, 6.07) is 7.22. The van der Waals surface area contributed by atoms with Crippen LogP contribution in [0.5, 0.6) is 0 Å². The lowest BCUT2D eigenvalue weighted by Crippen LogP contribution is -2.06. The van der Waals surface area contributed by atoms with Crippen molar-refractivity contribution in [1.82, 2.24) is 9.55 Å². The molecule has 0 spiro atoms. The quantitative estimate of drug-likeness (QED) is 0.892. The summed E-state index contributed by atoms with van der Waals surface area (Å²) in [4.78, 5) is 15.3. The molecule has 0 aliphatic carbocycles. The first kappa shape index (κ1) is 11.7. The Morgan fingerprint density at radius 2 is 2.06 bits per heavy atom. The number of carbonyl (C=O) groups is 1. The molecule has 0 saturated heterocycles. The summed E-state index contributed by atoms with van der Waals surface area (Å²) in [6.07, 6.45) is 0. The zero-order chi connectivity index (χ0) is 12.6. The van der Waals surface area contributed by atoms with Gasteiger partial charge in [0.05, 0.1) is 10.7 Å². The molecule has 0 unspecified atom stereocenters. The third-order valence-electron chi connectivity index (χ3n) is 2.59. The maximum atomic E-state index is 11.1. The molecule has 0 atom stereocenters. The standard InChI is InChI=1S/C12H11ClN2O2/c1-7-10(12(16)17)15(2)11(14-7)8-5-3-4-6-9(8)13/h3-6H,1-2H3,(H,16,17). The first-order chi connectivity index (χ1) is 8.02. The van der Waals surface area contributed by atoms with Crippen LogP contribution in [0, 0.1) is 6.92 Å². The van der Waals surface area contributed by atoms with E-state index in [1.54, 1.807) is 24.6 Å². The number of halogens is 1. The Labute approximate surface area is 103 Å². The van der Waals surface area contributed by atoms with Crippen LogP contribution in [0.1, 0.15) is 16.2 Å². The molecule has 17 heavy (non-hydrogen) atoms. The molecule has 4 nitrogen and oxygen atoms in total. The van der Waals surface area contributed by atoms with Gasteiger partial charge in [0.1, 0.15) is 11.5 Å². The largest absolute Gasteiger partial charge is 0.477 e. The Kier molecular flexibility index (Phi) is 2.90. The summed E-state index contributed by atoms with van der Waals surface area (Å²) in [5, 5.41) is 9.64. The normalized spacial score (nSPS) is 10.5. The molecular weight excluding hydrogens is 240 g/mol. The van der Waals surface area contributed by atoms with Crippen molar-refractivity contribution in [3.8, 4) is 11.4 Å². The van der Waals surface area contributed by atoms with Gasteiger partial charge in [-0.2, -0.15) is 0 Å². The van der Waals surface area contributed by atoms with Crippen LogP contribution in [-0.4, -0.2) is 20.6 Å². The number of imidazole rings is 1. The first-order valence-electron chi connectivity index (χ1n) is 5.04. The zero-order valence-corrected chi connectivity index (χ0v) is 10.2. The molecule has 2 rings (SSSR count). The number of hydrogen-bond donors (Lipinski definition) is 1. The van der Waals surface area contributed by atoms with E-state index in [4.69, 9.17) is 16.7 Å². The van der Waals surface area contributed by atoms with Crippen molar-refractivity contribution in [3.63, 3.8) is 0 Å². The number of carboxylic acid groups (broad SMARTS) is 1. The predicted octanol–water partition coefficient (Wildman–Crippen LogP) is 2.75. The zero-order valence-electron chi connectivity index (χ0n) is 9.44. The van der Waals surface area contributed by atoms with Crippen molar-refractivity contribution in [2.24, 2.45) is 7.05 Å². The van der Waals surface area contributed by atoms with Gasteiger partial charge in [-0.05, 0) is 19.1 Å². The van der Waals surface area contributed by atoms with E-state index in [0.717, 1.165) is 5.56 Å². The molecule has 0 saturated carbocycles. The Hall–Kier alpha value is -1.81. The number of aromatic carboxylic acids is 1. The van der Waals surface area contributed by atoms with E-state index < -0.39 is 5.97 Å². The summed E-state index contributed by atoms with van der Waals surface area (Å²) >= 11 is 6.07. The topological polar surface area (TPSA) is 55.1 Å². The van der Waals surface area contributed by atoms with Crippen LogP contribution in [0.3, 0.4) is 0 Å². The number of rotatable bonds is 2. The lowest BCUT2D eigenvalue weighted by Gasteiger charge is -2.04. The summed E-state index contributed by atoms with van der Waals surface area (Å²) in [5.74, 6) is -0.429. The molecule has 0 aliphatic heterocycles. The van der Waals surface area contributed by atoms with Crippen LogP contribution in [0.2, 0.25) is 5.02 Å². The third-order valence-corrected chi connectivity index (χ3v) is 2.92. The minimum absolute atomic E-state index is 0.180. The first-order valence-corrected chi connectivity index (χ1v) is 5.41. The van der Waals surface area contributed by atoms with Crippen molar-refractivity contribution in [2.45, 2.75) is 6.92 Å². The predicted molar refractivity (Wildman–Crippen MR) is 65.4 cm³/mol. The maximum Gasteiger partial charge on any atom is 0.354 e. The number of aromatic nitrogens is 2. The van der Waals surface area contributed by atoms with Gasteiger partial charge in [0.15, 0.2) is 0 Å². The second-order valence-corrected chi connectivity index (χ2v) is 4.12. The summed E-state index contributed by atoms with van der Waals surface area (Å²) in [7, 11) is 1.67. The number of carboxylic acids is 1. The van der Waals surface area contributed by atoms with Gasteiger partial charge in [0, 0.05) is 12.6 Å². The second-order valence-electron chi connectivity index (χ2n) is 3.71. The highest BCUT2D eigenvalue weighted by Crippen LogP contribution is 2.27. The Bertz CT molecular complexity index is 590. The van der Waals surface area contributed by atoms with Gasteiger partial charge in [-0.15, -0.1) is 0 Å². The van der Waals surface area contributed by atoms with E-state index in [1.807, 2.05) is 18.2 Å². The van der Waals surface area contributed by atoms with Crippen LogP contribution in [0.25, 0.3) is 11.4 Å². The molecule has 0 amide bonds. The molecule has 1 N–H and O–H groups in total. The monoisotopic (exact) mass is 250 g/mol. The molecule has 0 radical (unpaired) electrons. The SMILES string of the molecule is Cc1nc(-c2ccccc2Cl)n(C)c1C(=O)O. The molecule has 1 aromatic carbocycles. The van der Waals surface area contributed by atoms with Crippen LogP contribution in [0.4, 0.5) is 0 Å². The molecule has 0 fully saturated rings. The molecule has 0 bridgehead atoms. The van der Waals surface area contributed by atoms with E-state index >= 15 is 0 Å². The number of benzene rings is 1. The van der Waals surface area contributed by atoms with Crippen LogP contribution < -0.4 is 0 Å². The van der Waals surface area contributed by atoms with Gasteiger partial charge in [-0.1, -0.05) is 23.7 Å². The van der Waals surface area contributed by atoms with E-state index in [0.29, 0.717) is 16.5 Å². The molecule has 5 heteroatoms. The van der Waals surface area contributed by atoms with E-state index in [1.165, 1.54) is 0 Å². The minimum Gasteiger partial charge on any atom is -0.477 e. The Balaban J connectivity index is 2.66. The number of aryl methyl sites for hydroxylation is 1. The van der Waals surface area contributed by atoms with Gasteiger partial charge in [0.25, 0.3) is 0 Å². The molecule has 2 aromatic rings. The smallest absolute Gasteiger partial charge is 0.354 e. The van der Waals surface area contributed by atoms with Gasteiger partial charge in [0.2, 0.25) is 0 Å². The summed E-state index contributed by atoms with van der Waals surface area (Å²) < 4.78 is 1.54. The fraction of sp³-hybridized carbons (Fsp3) is 0.167. The Morgan fingerprint density at radius 1 is 1.41 bits per heavy atom. The van der Waals surface area contributed by atoms with Crippen molar-refractivity contribution >= 4 is 17.6 Å². The van der Waals surface area contributed by atoms with Gasteiger partial charge >= 0.3 is 5.97 Å². The van der Waals surface area contributed by atoms with Gasteiger partial charge in [-0.3, -0.25) is 0 Å². The summed E-state index contributed by atoms with van der Waals surface area (Å²) in [6.45, 7) is 1.67. The fourth-order valence-corrected chi connectivity index (χ4v) is 2.04. The number of nitrogens with zero attached hydrogens (tertiary/aromatic N) is 2. The number of hydrogen-bond acceptors (Lipinski definition) is 2. The van der Waals surface area contributed by atoms with Gasteiger partial charge in [-0.25, -0.2) is 9.78 Å². The van der Waals surface area contributed by atoms with Crippen molar-refractivity contribution in [1.29, 1.82) is 0 Å².